The molecule has 2 saturated heterocycles. The monoisotopic (exact) mass is 497 g/mol. The quantitative estimate of drug-likeness (QED) is 0.512. The van der Waals surface area contributed by atoms with E-state index in [4.69, 9.17) is 9.72 Å². The predicted molar refractivity (Wildman–Crippen MR) is 145 cm³/mol. The number of anilines is 1. The molecule has 0 atom stereocenters. The van der Waals surface area contributed by atoms with Crippen LogP contribution in [0.4, 0.5) is 5.69 Å². The number of Topliss-reactive ketones (excluding diaryl/α,β-unsaturated/α-hetero) is 1. The highest BCUT2D eigenvalue weighted by atomic mass is 16.5. The van der Waals surface area contributed by atoms with Crippen molar-refractivity contribution in [3.63, 3.8) is 0 Å². The number of rotatable bonds is 1. The predicted octanol–water partition coefficient (Wildman–Crippen LogP) is 3.20. The van der Waals surface area contributed by atoms with Crippen molar-refractivity contribution in [1.82, 2.24) is 19.8 Å². The first kappa shape index (κ1) is 24.2. The summed E-state index contributed by atoms with van der Waals surface area (Å²) >= 11 is 0. The van der Waals surface area contributed by atoms with Crippen molar-refractivity contribution in [2.24, 2.45) is 0 Å². The molecule has 192 valence electrons. The van der Waals surface area contributed by atoms with Crippen LogP contribution < -0.4 is 4.90 Å². The Kier molecular flexibility index (Phi) is 7.26. The van der Waals surface area contributed by atoms with E-state index in [0.29, 0.717) is 25.2 Å². The van der Waals surface area contributed by atoms with Crippen LogP contribution in [0.1, 0.15) is 28.9 Å². The highest BCUT2D eigenvalue weighted by Gasteiger charge is 2.22. The van der Waals surface area contributed by atoms with Gasteiger partial charge in [-0.2, -0.15) is 0 Å². The smallest absolute Gasteiger partial charge is 0.147 e. The van der Waals surface area contributed by atoms with E-state index in [0.717, 1.165) is 82.5 Å². The zero-order valence-electron chi connectivity index (χ0n) is 21.4. The molecule has 8 bridgehead atoms. The number of carbonyl (C=O) groups excluding carboxylic acids is 1. The summed E-state index contributed by atoms with van der Waals surface area (Å²) in [7, 11) is 0. The molecule has 5 heterocycles. The van der Waals surface area contributed by atoms with E-state index >= 15 is 0 Å². The van der Waals surface area contributed by atoms with Crippen molar-refractivity contribution in [2.45, 2.75) is 25.8 Å². The number of aromatic nitrogens is 2. The standard InChI is InChI=1S/C30H35N5O2/c36-27-6-4-23-2-1-3-25(18-23)28-8-9-31-30(32-28)20-24-5-7-29(35-14-16-37-17-15-35)26(19-24)21-33-10-12-34(22-27)13-11-33/h1-3,5,7-9,18-19H,4,6,10-17,20-22H2. The van der Waals surface area contributed by atoms with Crippen LogP contribution in [0.3, 0.4) is 0 Å². The maximum Gasteiger partial charge on any atom is 0.147 e. The molecule has 0 aliphatic carbocycles. The number of nitrogens with zero attached hydrogens (tertiary/aromatic N) is 5. The molecule has 2 aromatic carbocycles. The number of hydrogen-bond donors (Lipinski definition) is 0. The number of piperazine rings is 1. The van der Waals surface area contributed by atoms with Gasteiger partial charge < -0.3 is 9.64 Å². The largest absolute Gasteiger partial charge is 0.378 e. The first-order valence-corrected chi connectivity index (χ1v) is 13.5. The number of benzene rings is 2. The van der Waals surface area contributed by atoms with E-state index in [2.05, 4.69) is 62.1 Å². The molecule has 0 saturated carbocycles. The zero-order chi connectivity index (χ0) is 25.0. The highest BCUT2D eigenvalue weighted by molar-refractivity contribution is 5.80. The molecule has 7 rings (SSSR count). The van der Waals surface area contributed by atoms with Crippen molar-refractivity contribution in [2.75, 3.05) is 63.9 Å². The first-order valence-electron chi connectivity index (χ1n) is 13.5. The molecule has 0 radical (unpaired) electrons. The molecule has 0 amide bonds. The number of hydrogen-bond acceptors (Lipinski definition) is 7. The second-order valence-corrected chi connectivity index (χ2v) is 10.4. The van der Waals surface area contributed by atoms with Gasteiger partial charge in [0.15, 0.2) is 0 Å². The summed E-state index contributed by atoms with van der Waals surface area (Å²) in [5.41, 5.74) is 7.08. The number of carbonyl (C=O) groups is 1. The Morgan fingerprint density at radius 2 is 1.59 bits per heavy atom. The summed E-state index contributed by atoms with van der Waals surface area (Å²) in [6.07, 6.45) is 3.90. The van der Waals surface area contributed by atoms with Gasteiger partial charge in [0, 0.05) is 76.1 Å². The van der Waals surface area contributed by atoms with E-state index in [1.165, 1.54) is 22.4 Å². The lowest BCUT2D eigenvalue weighted by Gasteiger charge is -2.36. The molecule has 1 aromatic heterocycles. The molecule has 7 heteroatoms. The summed E-state index contributed by atoms with van der Waals surface area (Å²) in [5, 5.41) is 0. The van der Waals surface area contributed by atoms with Crippen LogP contribution in [-0.2, 0) is 28.9 Å². The number of ketones is 1. The maximum absolute atomic E-state index is 12.8. The van der Waals surface area contributed by atoms with Gasteiger partial charge in [-0.25, -0.2) is 9.97 Å². The summed E-state index contributed by atoms with van der Waals surface area (Å²) < 4.78 is 5.62. The maximum atomic E-state index is 12.8. The van der Waals surface area contributed by atoms with Gasteiger partial charge >= 0.3 is 0 Å². The summed E-state index contributed by atoms with van der Waals surface area (Å²) in [6, 6.07) is 17.3. The summed E-state index contributed by atoms with van der Waals surface area (Å²) in [6.45, 7) is 8.69. The van der Waals surface area contributed by atoms with Crippen molar-refractivity contribution in [3.05, 3.63) is 77.2 Å². The SMILES string of the molecule is O=C1CCc2cccc(c2)-c2ccnc(n2)Cc2ccc(N3CCOCC3)c(c2)CN2CCN(CC2)C1. The van der Waals surface area contributed by atoms with E-state index in [1.54, 1.807) is 0 Å². The summed E-state index contributed by atoms with van der Waals surface area (Å²) in [5.74, 6) is 1.15. The molecule has 3 aromatic rings. The van der Waals surface area contributed by atoms with Crippen LogP contribution in [0.2, 0.25) is 0 Å². The third-order valence-electron chi connectivity index (χ3n) is 7.74. The molecule has 7 nitrogen and oxygen atoms in total. The van der Waals surface area contributed by atoms with Crippen LogP contribution in [0.15, 0.2) is 54.7 Å². The fourth-order valence-electron chi connectivity index (χ4n) is 5.66. The third-order valence-corrected chi connectivity index (χ3v) is 7.74. The van der Waals surface area contributed by atoms with E-state index in [-0.39, 0.29) is 0 Å². The van der Waals surface area contributed by atoms with Crippen LogP contribution in [0.5, 0.6) is 0 Å². The van der Waals surface area contributed by atoms with Crippen molar-refractivity contribution < 1.29 is 9.53 Å². The molecule has 4 aliphatic rings. The Morgan fingerprint density at radius 3 is 2.43 bits per heavy atom. The minimum Gasteiger partial charge on any atom is -0.378 e. The number of fused-ring (bicyclic) bond motifs is 5. The average Bonchev–Trinajstić information content (AvgIpc) is 2.94. The third kappa shape index (κ3) is 5.90. The van der Waals surface area contributed by atoms with Crippen LogP contribution in [0, 0.1) is 0 Å². The Balaban J connectivity index is 1.35. The molecule has 0 N–H and O–H groups in total. The van der Waals surface area contributed by atoms with Crippen LogP contribution in [-0.4, -0.2) is 84.6 Å². The van der Waals surface area contributed by atoms with E-state index in [1.807, 2.05) is 12.3 Å². The summed E-state index contributed by atoms with van der Waals surface area (Å²) in [4.78, 5) is 29.6. The topological polar surface area (TPSA) is 61.8 Å². The first-order chi connectivity index (χ1) is 18.2. The van der Waals surface area contributed by atoms with E-state index < -0.39 is 0 Å². The molecular weight excluding hydrogens is 462 g/mol. The van der Waals surface area contributed by atoms with Gasteiger partial charge in [0.05, 0.1) is 25.5 Å². The number of morpholine rings is 1. The fraction of sp³-hybridized carbons (Fsp3) is 0.433. The average molecular weight is 498 g/mol. The molecule has 37 heavy (non-hydrogen) atoms. The van der Waals surface area contributed by atoms with Crippen molar-refractivity contribution in [1.29, 1.82) is 0 Å². The Labute approximate surface area is 219 Å². The minimum atomic E-state index is 0.323. The second-order valence-electron chi connectivity index (χ2n) is 10.4. The van der Waals surface area contributed by atoms with Gasteiger partial charge in [0.2, 0.25) is 0 Å². The molecule has 0 unspecified atom stereocenters. The van der Waals surface area contributed by atoms with Gasteiger partial charge in [-0.05, 0) is 41.3 Å². The molecule has 4 aliphatic heterocycles. The van der Waals surface area contributed by atoms with Gasteiger partial charge in [-0.3, -0.25) is 14.6 Å². The highest BCUT2D eigenvalue weighted by Crippen LogP contribution is 2.27. The van der Waals surface area contributed by atoms with Crippen LogP contribution >= 0.6 is 0 Å². The normalized spacial score (nSPS) is 22.7. The van der Waals surface area contributed by atoms with Gasteiger partial charge in [0.1, 0.15) is 11.6 Å². The number of ether oxygens (including phenoxy) is 1. The van der Waals surface area contributed by atoms with Crippen molar-refractivity contribution in [3.8, 4) is 11.3 Å². The molecular formula is C30H35N5O2. The lowest BCUT2D eigenvalue weighted by Crippen LogP contribution is -2.47. The number of aryl methyl sites for hydroxylation is 1. The second kappa shape index (κ2) is 11.1. The van der Waals surface area contributed by atoms with Gasteiger partial charge in [-0.15, -0.1) is 0 Å². The lowest BCUT2D eigenvalue weighted by atomic mass is 10.0. The minimum absolute atomic E-state index is 0.323. The Bertz CT molecular complexity index is 1250. The van der Waals surface area contributed by atoms with Gasteiger partial charge in [0.25, 0.3) is 0 Å². The molecule has 0 spiro atoms. The van der Waals surface area contributed by atoms with Gasteiger partial charge in [-0.1, -0.05) is 30.3 Å². The van der Waals surface area contributed by atoms with E-state index in [9.17, 15) is 4.79 Å². The fourth-order valence-corrected chi connectivity index (χ4v) is 5.66. The Hall–Kier alpha value is -3.13. The lowest BCUT2D eigenvalue weighted by molar-refractivity contribution is -0.120. The van der Waals surface area contributed by atoms with Crippen molar-refractivity contribution >= 4 is 11.5 Å². The molecule has 2 fully saturated rings. The van der Waals surface area contributed by atoms with Crippen LogP contribution in [0.25, 0.3) is 11.3 Å². The Morgan fingerprint density at radius 1 is 0.784 bits per heavy atom. The zero-order valence-corrected chi connectivity index (χ0v) is 21.4.